The van der Waals surface area contributed by atoms with Gasteiger partial charge in [-0.25, -0.2) is 8.78 Å². The Labute approximate surface area is 155 Å². The highest BCUT2D eigenvalue weighted by atomic mass is 19.1. The number of likely N-dealkylation sites (tertiary alicyclic amines) is 1. The second kappa shape index (κ2) is 7.08. The summed E-state index contributed by atoms with van der Waals surface area (Å²) in [6.07, 6.45) is 1.60. The first kappa shape index (κ1) is 17.6. The Hall–Kier alpha value is -2.80. The number of amides is 1. The van der Waals surface area contributed by atoms with Gasteiger partial charge in [0.1, 0.15) is 11.6 Å². The van der Waals surface area contributed by atoms with E-state index in [1.165, 1.54) is 18.2 Å². The fourth-order valence-corrected chi connectivity index (χ4v) is 3.53. The van der Waals surface area contributed by atoms with E-state index in [-0.39, 0.29) is 17.4 Å². The van der Waals surface area contributed by atoms with Crippen molar-refractivity contribution in [2.75, 3.05) is 25.5 Å². The minimum Gasteiger partial charge on any atom is -0.308 e. The Balaban J connectivity index is 1.64. The lowest BCUT2D eigenvalue weighted by atomic mass is 9.96. The molecule has 0 spiro atoms. The number of aromatic nitrogens is 2. The number of aromatic amines is 1. The molecular weight excluding hydrogens is 350 g/mol. The van der Waals surface area contributed by atoms with Gasteiger partial charge in [0.15, 0.2) is 5.82 Å². The predicted molar refractivity (Wildman–Crippen MR) is 100 cm³/mol. The van der Waals surface area contributed by atoms with Crippen molar-refractivity contribution >= 4 is 22.6 Å². The molecular formula is C20H20F2N4O. The number of hydrogen-bond acceptors (Lipinski definition) is 3. The van der Waals surface area contributed by atoms with Crippen molar-refractivity contribution in [2.24, 2.45) is 5.92 Å². The van der Waals surface area contributed by atoms with E-state index in [1.807, 2.05) is 7.05 Å². The first-order chi connectivity index (χ1) is 13.0. The monoisotopic (exact) mass is 370 g/mol. The maximum Gasteiger partial charge on any atom is 0.228 e. The molecule has 3 aromatic rings. The minimum absolute atomic E-state index is 0.0554. The average molecular weight is 370 g/mol. The van der Waals surface area contributed by atoms with E-state index < -0.39 is 11.6 Å². The molecule has 0 saturated carbocycles. The van der Waals surface area contributed by atoms with Crippen molar-refractivity contribution in [3.8, 4) is 11.1 Å². The van der Waals surface area contributed by atoms with Crippen LogP contribution in [0.1, 0.15) is 12.8 Å². The fourth-order valence-electron chi connectivity index (χ4n) is 3.53. The number of nitrogens with zero attached hydrogens (tertiary/aromatic N) is 2. The number of carbonyl (C=O) groups is 1. The van der Waals surface area contributed by atoms with Crippen LogP contribution in [0, 0.1) is 17.6 Å². The number of carbonyl (C=O) groups excluding carboxylic acids is 1. The summed E-state index contributed by atoms with van der Waals surface area (Å²) in [5, 5.41) is 10.5. The summed E-state index contributed by atoms with van der Waals surface area (Å²) in [7, 11) is 2.04. The molecule has 0 atom stereocenters. The molecule has 2 aromatic carbocycles. The van der Waals surface area contributed by atoms with Gasteiger partial charge in [-0.1, -0.05) is 12.1 Å². The van der Waals surface area contributed by atoms with Crippen molar-refractivity contribution in [3.05, 3.63) is 48.0 Å². The predicted octanol–water partition coefficient (Wildman–Crippen LogP) is 3.79. The molecule has 5 nitrogen and oxygen atoms in total. The summed E-state index contributed by atoms with van der Waals surface area (Å²) in [5.74, 6) is -1.00. The number of anilines is 1. The number of nitrogens with one attached hydrogen (secondary N) is 2. The van der Waals surface area contributed by atoms with Crippen LogP contribution in [-0.2, 0) is 4.79 Å². The van der Waals surface area contributed by atoms with E-state index in [0.29, 0.717) is 22.3 Å². The van der Waals surface area contributed by atoms with Gasteiger partial charge >= 0.3 is 0 Å². The molecule has 2 N–H and O–H groups in total. The molecule has 1 amide bonds. The highest BCUT2D eigenvalue weighted by molar-refractivity contribution is 6.01. The topological polar surface area (TPSA) is 61.0 Å². The highest BCUT2D eigenvalue weighted by Gasteiger charge is 2.24. The van der Waals surface area contributed by atoms with Crippen LogP contribution >= 0.6 is 0 Å². The molecule has 2 heterocycles. The van der Waals surface area contributed by atoms with Crippen LogP contribution in [0.2, 0.25) is 0 Å². The standard InChI is InChI=1S/C20H20F2N4O/c1-26-9-7-12(8-10-26)20(27)23-19-14-11-13(5-6-17(14)24-25-19)18-15(21)3-2-4-16(18)22/h2-6,11-12H,7-10H2,1H3,(H2,23,24,25,27). The Bertz CT molecular complexity index is 973. The molecule has 0 bridgehead atoms. The van der Waals surface area contributed by atoms with E-state index in [2.05, 4.69) is 20.4 Å². The number of halogens is 2. The van der Waals surface area contributed by atoms with Crippen LogP contribution in [0.25, 0.3) is 22.0 Å². The summed E-state index contributed by atoms with van der Waals surface area (Å²) < 4.78 is 28.2. The number of rotatable bonds is 3. The van der Waals surface area contributed by atoms with Crippen LogP contribution < -0.4 is 5.32 Å². The minimum atomic E-state index is -0.630. The first-order valence-corrected chi connectivity index (χ1v) is 8.95. The summed E-state index contributed by atoms with van der Waals surface area (Å²) in [6, 6.07) is 8.75. The lowest BCUT2D eigenvalue weighted by Crippen LogP contribution is -2.36. The second-order valence-corrected chi connectivity index (χ2v) is 7.00. The third-order valence-electron chi connectivity index (χ3n) is 5.15. The van der Waals surface area contributed by atoms with Crippen molar-refractivity contribution in [1.29, 1.82) is 0 Å². The van der Waals surface area contributed by atoms with Crippen LogP contribution in [0.4, 0.5) is 14.6 Å². The van der Waals surface area contributed by atoms with Gasteiger partial charge in [0.25, 0.3) is 0 Å². The second-order valence-electron chi connectivity index (χ2n) is 7.00. The van der Waals surface area contributed by atoms with E-state index >= 15 is 0 Å². The van der Waals surface area contributed by atoms with E-state index in [0.717, 1.165) is 25.9 Å². The van der Waals surface area contributed by atoms with Crippen LogP contribution in [0.15, 0.2) is 36.4 Å². The SMILES string of the molecule is CN1CCC(C(=O)Nc2n[nH]c3ccc(-c4c(F)cccc4F)cc23)CC1. The lowest BCUT2D eigenvalue weighted by Gasteiger charge is -2.27. The zero-order chi connectivity index (χ0) is 19.0. The van der Waals surface area contributed by atoms with E-state index in [9.17, 15) is 13.6 Å². The Kier molecular flexibility index (Phi) is 4.61. The molecule has 1 aliphatic heterocycles. The molecule has 1 fully saturated rings. The zero-order valence-electron chi connectivity index (χ0n) is 14.9. The van der Waals surface area contributed by atoms with Gasteiger partial charge in [0, 0.05) is 11.3 Å². The Morgan fingerprint density at radius 1 is 1.19 bits per heavy atom. The van der Waals surface area contributed by atoms with Gasteiger partial charge in [-0.2, -0.15) is 5.10 Å². The number of fused-ring (bicyclic) bond motifs is 1. The van der Waals surface area contributed by atoms with Gasteiger partial charge < -0.3 is 10.2 Å². The molecule has 1 aliphatic rings. The maximum atomic E-state index is 14.1. The van der Waals surface area contributed by atoms with Gasteiger partial charge in [0.2, 0.25) is 5.91 Å². The summed E-state index contributed by atoms with van der Waals surface area (Å²) in [5.41, 5.74) is 0.997. The summed E-state index contributed by atoms with van der Waals surface area (Å²) in [6.45, 7) is 1.77. The largest absolute Gasteiger partial charge is 0.308 e. The normalized spacial score (nSPS) is 16.0. The van der Waals surface area contributed by atoms with E-state index in [4.69, 9.17) is 0 Å². The lowest BCUT2D eigenvalue weighted by molar-refractivity contribution is -0.121. The molecule has 1 saturated heterocycles. The van der Waals surface area contributed by atoms with Gasteiger partial charge in [-0.15, -0.1) is 0 Å². The van der Waals surface area contributed by atoms with Crippen molar-refractivity contribution < 1.29 is 13.6 Å². The fraction of sp³-hybridized carbons (Fsp3) is 0.300. The smallest absolute Gasteiger partial charge is 0.228 e. The van der Waals surface area contributed by atoms with E-state index in [1.54, 1.807) is 18.2 Å². The van der Waals surface area contributed by atoms with Crippen LogP contribution in [0.3, 0.4) is 0 Å². The number of hydrogen-bond donors (Lipinski definition) is 2. The number of H-pyrrole nitrogens is 1. The third kappa shape index (κ3) is 3.42. The van der Waals surface area contributed by atoms with Crippen LogP contribution in [0.5, 0.6) is 0 Å². The third-order valence-corrected chi connectivity index (χ3v) is 5.15. The molecule has 27 heavy (non-hydrogen) atoms. The molecule has 0 radical (unpaired) electrons. The molecule has 0 aliphatic carbocycles. The molecule has 140 valence electrons. The van der Waals surface area contributed by atoms with Crippen molar-refractivity contribution in [3.63, 3.8) is 0 Å². The maximum absolute atomic E-state index is 14.1. The molecule has 4 rings (SSSR count). The zero-order valence-corrected chi connectivity index (χ0v) is 14.9. The number of benzene rings is 2. The quantitative estimate of drug-likeness (QED) is 0.737. The first-order valence-electron chi connectivity index (χ1n) is 8.95. The number of piperidine rings is 1. The Morgan fingerprint density at radius 3 is 2.59 bits per heavy atom. The molecule has 7 heteroatoms. The summed E-state index contributed by atoms with van der Waals surface area (Å²) in [4.78, 5) is 14.8. The molecule has 0 unspecified atom stereocenters. The van der Waals surface area contributed by atoms with Crippen LogP contribution in [-0.4, -0.2) is 41.1 Å². The molecule has 1 aromatic heterocycles. The van der Waals surface area contributed by atoms with Gasteiger partial charge in [-0.05, 0) is 62.8 Å². The average Bonchev–Trinajstić information content (AvgIpc) is 3.04. The van der Waals surface area contributed by atoms with Crippen molar-refractivity contribution in [1.82, 2.24) is 15.1 Å². The highest BCUT2D eigenvalue weighted by Crippen LogP contribution is 2.31. The van der Waals surface area contributed by atoms with Gasteiger partial charge in [0.05, 0.1) is 11.1 Å². The van der Waals surface area contributed by atoms with Crippen molar-refractivity contribution in [2.45, 2.75) is 12.8 Å². The summed E-state index contributed by atoms with van der Waals surface area (Å²) >= 11 is 0. The van der Waals surface area contributed by atoms with Gasteiger partial charge in [-0.3, -0.25) is 9.89 Å². The Morgan fingerprint density at radius 2 is 1.89 bits per heavy atom.